The molecule has 0 spiro atoms. The summed E-state index contributed by atoms with van der Waals surface area (Å²) >= 11 is 0. The van der Waals surface area contributed by atoms with Gasteiger partial charge >= 0.3 is 0 Å². The molecule has 3 aromatic heterocycles. The highest BCUT2D eigenvalue weighted by molar-refractivity contribution is 6.99. The van der Waals surface area contributed by atoms with Gasteiger partial charge in [0.1, 0.15) is 12.4 Å². The summed E-state index contributed by atoms with van der Waals surface area (Å²) in [7, 11) is -3.84. The monoisotopic (exact) mass is 661 g/mol. The van der Waals surface area contributed by atoms with E-state index in [0.717, 1.165) is 47.7 Å². The van der Waals surface area contributed by atoms with Crippen molar-refractivity contribution in [2.45, 2.75) is 89.1 Å². The summed E-state index contributed by atoms with van der Waals surface area (Å²) in [4.78, 5) is 4.69. The van der Waals surface area contributed by atoms with E-state index >= 15 is 0 Å². The molecule has 244 valence electrons. The number of hydrogen-bond acceptors (Lipinski definition) is 5. The number of aromatic nitrogens is 4. The van der Waals surface area contributed by atoms with Crippen molar-refractivity contribution in [1.82, 2.24) is 19.3 Å². The van der Waals surface area contributed by atoms with E-state index in [1.807, 2.05) is 23.1 Å². The van der Waals surface area contributed by atoms with Crippen LogP contribution in [-0.4, -0.2) is 48.4 Å². The highest BCUT2D eigenvalue weighted by Crippen LogP contribution is 2.48. The van der Waals surface area contributed by atoms with E-state index in [1.165, 1.54) is 10.4 Å². The maximum absolute atomic E-state index is 9.99. The second-order valence-electron chi connectivity index (χ2n) is 15.3. The fraction of sp³-hybridized carbons (Fsp3) is 0.395. The molecule has 0 amide bonds. The van der Waals surface area contributed by atoms with Gasteiger partial charge in [-0.2, -0.15) is 10.4 Å². The number of nitriles is 1. The summed E-state index contributed by atoms with van der Waals surface area (Å²) in [6, 6.07) is 29.3. The zero-order valence-corrected chi connectivity index (χ0v) is 30.6. The van der Waals surface area contributed by atoms with Gasteiger partial charge in [-0.1, -0.05) is 101 Å². The van der Waals surface area contributed by atoms with E-state index in [4.69, 9.17) is 14.3 Å². The molecular weight excluding hydrogens is 615 g/mol. The van der Waals surface area contributed by atoms with Crippen molar-refractivity contribution in [3.63, 3.8) is 0 Å². The van der Waals surface area contributed by atoms with E-state index in [0.29, 0.717) is 13.2 Å². The molecule has 0 saturated heterocycles. The molecule has 47 heavy (non-hydrogen) atoms. The van der Waals surface area contributed by atoms with Crippen molar-refractivity contribution < 1.29 is 9.16 Å². The van der Waals surface area contributed by atoms with Gasteiger partial charge in [-0.3, -0.25) is 4.68 Å². The van der Waals surface area contributed by atoms with Crippen LogP contribution in [0.2, 0.25) is 30.7 Å². The number of ether oxygens (including phenoxy) is 1. The van der Waals surface area contributed by atoms with Gasteiger partial charge in [0.25, 0.3) is 8.32 Å². The summed E-state index contributed by atoms with van der Waals surface area (Å²) < 4.78 is 17.5. The van der Waals surface area contributed by atoms with Crippen molar-refractivity contribution in [2.24, 2.45) is 0 Å². The Balaban J connectivity index is 1.25. The van der Waals surface area contributed by atoms with Gasteiger partial charge < -0.3 is 13.7 Å². The minimum atomic E-state index is -2.70. The predicted octanol–water partition coefficient (Wildman–Crippen LogP) is 7.56. The van der Waals surface area contributed by atoms with Crippen LogP contribution in [0.4, 0.5) is 0 Å². The summed E-state index contributed by atoms with van der Waals surface area (Å²) in [5, 5.41) is 18.4. The molecule has 7 nitrogen and oxygen atoms in total. The first-order valence-corrected chi connectivity index (χ1v) is 22.3. The van der Waals surface area contributed by atoms with Crippen LogP contribution in [0.3, 0.4) is 0 Å². The standard InChI is InChI=1S/C38H47N5O2Si2/c1-37(2,3)47(32-13-9-7-10-14-32,33-15-11-8-12-16-33)45-31-25-38(26-31,19-20-39)43-28-30(27-41-43)34-17-21-40-36-35(34)18-22-42(36)29-44-23-24-46(4,5)6/h7-18,21-22,27-28,31H,19,23-26,29H2,1-6H3. The molecule has 0 unspecified atom stereocenters. The Hall–Kier alpha value is -3.82. The zero-order chi connectivity index (χ0) is 33.3. The van der Waals surface area contributed by atoms with Gasteiger partial charge in [0.15, 0.2) is 0 Å². The van der Waals surface area contributed by atoms with E-state index in [9.17, 15) is 5.26 Å². The third-order valence-electron chi connectivity index (χ3n) is 9.65. The number of rotatable bonds is 12. The van der Waals surface area contributed by atoms with Gasteiger partial charge in [-0.25, -0.2) is 4.98 Å². The van der Waals surface area contributed by atoms with Crippen molar-refractivity contribution >= 4 is 37.8 Å². The van der Waals surface area contributed by atoms with Crippen LogP contribution in [0, 0.1) is 11.3 Å². The molecule has 3 heterocycles. The quantitative estimate of drug-likeness (QED) is 0.102. The van der Waals surface area contributed by atoms with Crippen LogP contribution in [0.1, 0.15) is 40.0 Å². The molecule has 0 N–H and O–H groups in total. The molecule has 2 aromatic carbocycles. The Labute approximate surface area is 281 Å². The van der Waals surface area contributed by atoms with Gasteiger partial charge in [-0.15, -0.1) is 0 Å². The highest BCUT2D eigenvalue weighted by atomic mass is 28.4. The molecule has 0 aliphatic heterocycles. The maximum atomic E-state index is 9.99. The lowest BCUT2D eigenvalue weighted by atomic mass is 9.72. The summed E-state index contributed by atoms with van der Waals surface area (Å²) in [6.07, 6.45) is 9.81. The van der Waals surface area contributed by atoms with Crippen molar-refractivity contribution in [3.05, 3.63) is 97.6 Å². The van der Waals surface area contributed by atoms with Gasteiger partial charge in [0.2, 0.25) is 0 Å². The number of hydrogen-bond donors (Lipinski definition) is 0. The average molecular weight is 662 g/mol. The van der Waals surface area contributed by atoms with E-state index in [2.05, 4.69) is 135 Å². The van der Waals surface area contributed by atoms with Gasteiger partial charge in [0, 0.05) is 44.2 Å². The number of benzene rings is 2. The molecule has 5 aromatic rings. The Morgan fingerprint density at radius 2 is 1.62 bits per heavy atom. The number of pyridine rings is 1. The van der Waals surface area contributed by atoms with Crippen molar-refractivity contribution in [3.8, 4) is 17.2 Å². The Kier molecular flexibility index (Phi) is 9.16. The normalized spacial score (nSPS) is 18.6. The second-order valence-corrected chi connectivity index (χ2v) is 25.1. The van der Waals surface area contributed by atoms with Crippen molar-refractivity contribution in [2.75, 3.05) is 6.61 Å². The third kappa shape index (κ3) is 6.52. The minimum Gasteiger partial charge on any atom is -0.404 e. The lowest BCUT2D eigenvalue weighted by Crippen LogP contribution is -2.69. The van der Waals surface area contributed by atoms with Crippen LogP contribution in [0.15, 0.2) is 97.6 Å². The first-order valence-electron chi connectivity index (χ1n) is 16.7. The topological polar surface area (TPSA) is 77.9 Å². The molecule has 9 heteroatoms. The molecule has 0 radical (unpaired) electrons. The van der Waals surface area contributed by atoms with Crippen LogP contribution >= 0.6 is 0 Å². The van der Waals surface area contributed by atoms with E-state index in [1.54, 1.807) is 0 Å². The summed E-state index contributed by atoms with van der Waals surface area (Å²) in [5.41, 5.74) is 2.58. The van der Waals surface area contributed by atoms with Crippen LogP contribution in [0.5, 0.6) is 0 Å². The highest BCUT2D eigenvalue weighted by Gasteiger charge is 2.56. The van der Waals surface area contributed by atoms with Crippen molar-refractivity contribution in [1.29, 1.82) is 5.26 Å². The van der Waals surface area contributed by atoms with Crippen LogP contribution < -0.4 is 10.4 Å². The molecule has 1 fully saturated rings. The zero-order valence-electron chi connectivity index (χ0n) is 28.6. The summed E-state index contributed by atoms with van der Waals surface area (Å²) in [6.45, 7) is 15.3. The molecule has 6 rings (SSSR count). The minimum absolute atomic E-state index is 0.0184. The number of fused-ring (bicyclic) bond motifs is 1. The predicted molar refractivity (Wildman–Crippen MR) is 195 cm³/mol. The molecule has 1 aliphatic carbocycles. The fourth-order valence-corrected chi connectivity index (χ4v) is 12.5. The first kappa shape index (κ1) is 33.1. The van der Waals surface area contributed by atoms with Gasteiger partial charge in [-0.05, 0) is 52.0 Å². The molecular formula is C38H47N5O2Si2. The average Bonchev–Trinajstić information content (AvgIpc) is 3.68. The molecule has 0 atom stereocenters. The maximum Gasteiger partial charge on any atom is 0.261 e. The summed E-state index contributed by atoms with van der Waals surface area (Å²) in [5.74, 6) is 0. The largest absolute Gasteiger partial charge is 0.404 e. The van der Waals surface area contributed by atoms with Crippen LogP contribution in [0.25, 0.3) is 22.2 Å². The molecule has 1 saturated carbocycles. The Morgan fingerprint density at radius 3 is 2.21 bits per heavy atom. The van der Waals surface area contributed by atoms with Crippen LogP contribution in [-0.2, 0) is 21.4 Å². The molecule has 0 bridgehead atoms. The SMILES string of the molecule is CC(C)(C)[Si](OC1CC(CC#N)(n2cc(-c3ccnc4c3ccn4COCC[Si](C)(C)C)cn2)C1)(c1ccccc1)c1ccccc1. The fourth-order valence-electron chi connectivity index (χ4n) is 7.08. The lowest BCUT2D eigenvalue weighted by molar-refractivity contribution is -0.0163. The molecule has 1 aliphatic rings. The van der Waals surface area contributed by atoms with E-state index < -0.39 is 21.9 Å². The third-order valence-corrected chi connectivity index (χ3v) is 16.4. The van der Waals surface area contributed by atoms with E-state index in [-0.39, 0.29) is 11.1 Å². The Morgan fingerprint density at radius 1 is 0.957 bits per heavy atom. The lowest BCUT2D eigenvalue weighted by Gasteiger charge is -2.52. The first-order chi connectivity index (χ1) is 22.5. The second kappa shape index (κ2) is 13.0. The Bertz CT molecular complexity index is 1800. The smallest absolute Gasteiger partial charge is 0.261 e. The van der Waals surface area contributed by atoms with Gasteiger partial charge in [0.05, 0.1) is 30.3 Å². The number of nitrogens with zero attached hydrogens (tertiary/aromatic N) is 5.